The molecule has 2 saturated carbocycles. The van der Waals surface area contributed by atoms with Crippen molar-refractivity contribution >= 4 is 6.03 Å². The van der Waals surface area contributed by atoms with E-state index in [-0.39, 0.29) is 6.03 Å². The minimum absolute atomic E-state index is 0.00326. The Bertz CT molecular complexity index is 578. The van der Waals surface area contributed by atoms with Gasteiger partial charge in [0, 0.05) is 26.1 Å². The number of carbonyl (C=O) groups excluding carboxylic acids is 1. The number of hydrogen-bond donors (Lipinski definition) is 1. The van der Waals surface area contributed by atoms with Crippen molar-refractivity contribution in [2.24, 2.45) is 18.9 Å². The van der Waals surface area contributed by atoms with Gasteiger partial charge in [-0.05, 0) is 37.5 Å². The molecule has 0 unspecified atom stereocenters. The van der Waals surface area contributed by atoms with Gasteiger partial charge in [0.05, 0.1) is 6.54 Å². The highest BCUT2D eigenvalue weighted by Gasteiger charge is 2.31. The number of hydrogen-bond acceptors (Lipinski definition) is 3. The summed E-state index contributed by atoms with van der Waals surface area (Å²) in [5, 5.41) is 11.8. The highest BCUT2D eigenvalue weighted by molar-refractivity contribution is 5.74. The van der Waals surface area contributed by atoms with E-state index >= 15 is 0 Å². The number of nitrogens with one attached hydrogen (secondary N) is 1. The summed E-state index contributed by atoms with van der Waals surface area (Å²) in [4.78, 5) is 14.3. The standard InChI is InChI=1S/C18H31N5O/c1-12(2)14-7-5-6-8-15(14)19-18(24)22(3)11-16-20-21-17(23(16)4)13-9-10-13/h12-15H,5-11H2,1-4H3,(H,19,24)/t14-,15-/m1/s1. The highest BCUT2D eigenvalue weighted by Crippen LogP contribution is 2.38. The smallest absolute Gasteiger partial charge is 0.317 e. The molecule has 0 radical (unpaired) electrons. The quantitative estimate of drug-likeness (QED) is 0.901. The molecule has 2 aliphatic carbocycles. The zero-order valence-corrected chi connectivity index (χ0v) is 15.5. The molecule has 2 aliphatic rings. The lowest BCUT2D eigenvalue weighted by Crippen LogP contribution is -2.48. The summed E-state index contributed by atoms with van der Waals surface area (Å²) in [5.74, 6) is 3.70. The molecule has 1 aromatic rings. The lowest BCUT2D eigenvalue weighted by Gasteiger charge is -2.35. The molecule has 2 atom stereocenters. The van der Waals surface area contributed by atoms with Crippen LogP contribution in [0, 0.1) is 11.8 Å². The molecule has 0 bridgehead atoms. The van der Waals surface area contributed by atoms with E-state index in [9.17, 15) is 4.79 Å². The number of aromatic nitrogens is 3. The van der Waals surface area contributed by atoms with Gasteiger partial charge in [-0.25, -0.2) is 4.79 Å². The molecule has 134 valence electrons. The number of rotatable bonds is 5. The first-order chi connectivity index (χ1) is 11.5. The van der Waals surface area contributed by atoms with Gasteiger partial charge < -0.3 is 14.8 Å². The lowest BCUT2D eigenvalue weighted by molar-refractivity contribution is 0.172. The molecule has 1 heterocycles. The Balaban J connectivity index is 1.58. The molecule has 0 spiro atoms. The molecule has 3 rings (SSSR count). The molecule has 1 aromatic heterocycles. The van der Waals surface area contributed by atoms with Crippen LogP contribution >= 0.6 is 0 Å². The van der Waals surface area contributed by atoms with E-state index in [0.717, 1.165) is 18.1 Å². The summed E-state index contributed by atoms with van der Waals surface area (Å²) in [6.07, 6.45) is 7.24. The molecule has 2 amide bonds. The fraction of sp³-hybridized carbons (Fsp3) is 0.833. The van der Waals surface area contributed by atoms with Gasteiger partial charge in [-0.3, -0.25) is 0 Å². The van der Waals surface area contributed by atoms with Crippen LogP contribution < -0.4 is 5.32 Å². The van der Waals surface area contributed by atoms with Crippen molar-refractivity contribution in [3.05, 3.63) is 11.6 Å². The fourth-order valence-electron chi connectivity index (χ4n) is 3.90. The van der Waals surface area contributed by atoms with E-state index in [0.29, 0.717) is 30.3 Å². The Morgan fingerprint density at radius 2 is 1.96 bits per heavy atom. The van der Waals surface area contributed by atoms with Crippen molar-refractivity contribution in [1.82, 2.24) is 25.0 Å². The Labute approximate surface area is 145 Å². The van der Waals surface area contributed by atoms with Crippen LogP contribution in [0.5, 0.6) is 0 Å². The molecule has 6 nitrogen and oxygen atoms in total. The first kappa shape index (κ1) is 17.2. The van der Waals surface area contributed by atoms with E-state index in [1.807, 2.05) is 14.1 Å². The zero-order chi connectivity index (χ0) is 17.3. The average molecular weight is 333 g/mol. The number of nitrogens with zero attached hydrogens (tertiary/aromatic N) is 4. The monoisotopic (exact) mass is 333 g/mol. The SMILES string of the molecule is CC(C)[C@H]1CCCC[C@H]1NC(=O)N(C)Cc1nnc(C2CC2)n1C. The second-order valence-electron chi connectivity index (χ2n) is 7.91. The van der Waals surface area contributed by atoms with Crippen molar-refractivity contribution in [2.45, 2.75) is 70.9 Å². The van der Waals surface area contributed by atoms with Crippen molar-refractivity contribution < 1.29 is 4.79 Å². The van der Waals surface area contributed by atoms with Crippen molar-refractivity contribution in [2.75, 3.05) is 7.05 Å². The molecule has 2 fully saturated rings. The Morgan fingerprint density at radius 1 is 1.25 bits per heavy atom. The summed E-state index contributed by atoms with van der Waals surface area (Å²) in [6.45, 7) is 5.02. The summed E-state index contributed by atoms with van der Waals surface area (Å²) in [5.41, 5.74) is 0. The minimum atomic E-state index is 0.00326. The van der Waals surface area contributed by atoms with Gasteiger partial charge in [-0.2, -0.15) is 0 Å². The van der Waals surface area contributed by atoms with Gasteiger partial charge in [0.1, 0.15) is 5.82 Å². The normalized spacial score (nSPS) is 24.2. The Hall–Kier alpha value is -1.59. The maximum atomic E-state index is 12.6. The zero-order valence-electron chi connectivity index (χ0n) is 15.5. The second-order valence-corrected chi connectivity index (χ2v) is 7.91. The molecular weight excluding hydrogens is 302 g/mol. The lowest BCUT2D eigenvalue weighted by atomic mass is 9.78. The summed E-state index contributed by atoms with van der Waals surface area (Å²) < 4.78 is 2.05. The molecule has 6 heteroatoms. The minimum Gasteiger partial charge on any atom is -0.335 e. The molecule has 0 aromatic carbocycles. The highest BCUT2D eigenvalue weighted by atomic mass is 16.2. The van der Waals surface area contributed by atoms with E-state index in [4.69, 9.17) is 0 Å². The molecular formula is C18H31N5O. The van der Waals surface area contributed by atoms with Crippen LogP contribution in [0.3, 0.4) is 0 Å². The summed E-state index contributed by atoms with van der Waals surface area (Å²) >= 11 is 0. The van der Waals surface area contributed by atoms with Gasteiger partial charge in [-0.15, -0.1) is 10.2 Å². The van der Waals surface area contributed by atoms with Crippen LogP contribution in [0.2, 0.25) is 0 Å². The number of carbonyl (C=O) groups is 1. The van der Waals surface area contributed by atoms with Crippen LogP contribution in [0.15, 0.2) is 0 Å². The van der Waals surface area contributed by atoms with Crippen LogP contribution in [0.1, 0.15) is 69.9 Å². The number of amides is 2. The molecule has 24 heavy (non-hydrogen) atoms. The van der Waals surface area contributed by atoms with Crippen molar-refractivity contribution in [1.29, 1.82) is 0 Å². The maximum absolute atomic E-state index is 12.6. The maximum Gasteiger partial charge on any atom is 0.317 e. The Kier molecular flexibility index (Phi) is 5.11. The van der Waals surface area contributed by atoms with Gasteiger partial charge in [-0.1, -0.05) is 26.7 Å². The molecule has 1 N–H and O–H groups in total. The van der Waals surface area contributed by atoms with E-state index in [1.165, 1.54) is 32.1 Å². The second kappa shape index (κ2) is 7.11. The third-order valence-corrected chi connectivity index (χ3v) is 5.65. The average Bonchev–Trinajstić information content (AvgIpc) is 3.33. The Morgan fingerprint density at radius 3 is 2.62 bits per heavy atom. The van der Waals surface area contributed by atoms with Gasteiger partial charge in [0.15, 0.2) is 5.82 Å². The largest absolute Gasteiger partial charge is 0.335 e. The van der Waals surface area contributed by atoms with Gasteiger partial charge in [0.25, 0.3) is 0 Å². The molecule has 0 aliphatic heterocycles. The predicted octanol–water partition coefficient (Wildman–Crippen LogP) is 3.05. The molecule has 0 saturated heterocycles. The third kappa shape index (κ3) is 3.73. The van der Waals surface area contributed by atoms with Gasteiger partial charge >= 0.3 is 6.03 Å². The number of urea groups is 1. The third-order valence-electron chi connectivity index (χ3n) is 5.65. The van der Waals surface area contributed by atoms with Crippen molar-refractivity contribution in [3.63, 3.8) is 0 Å². The fourth-order valence-corrected chi connectivity index (χ4v) is 3.90. The van der Waals surface area contributed by atoms with Crippen LogP contribution in [0.4, 0.5) is 4.79 Å². The first-order valence-electron chi connectivity index (χ1n) is 9.37. The topological polar surface area (TPSA) is 63.1 Å². The van der Waals surface area contributed by atoms with Crippen molar-refractivity contribution in [3.8, 4) is 0 Å². The van der Waals surface area contributed by atoms with Gasteiger partial charge in [0.2, 0.25) is 0 Å². The van der Waals surface area contributed by atoms with Crippen LogP contribution in [0.25, 0.3) is 0 Å². The van der Waals surface area contributed by atoms with Crippen LogP contribution in [-0.4, -0.2) is 38.8 Å². The van der Waals surface area contributed by atoms with Crippen LogP contribution in [-0.2, 0) is 13.6 Å². The predicted molar refractivity (Wildman–Crippen MR) is 93.6 cm³/mol. The summed E-state index contributed by atoms with van der Waals surface area (Å²) in [7, 11) is 3.85. The van der Waals surface area contributed by atoms with E-state index in [1.54, 1.807) is 4.90 Å². The van der Waals surface area contributed by atoms with E-state index in [2.05, 4.69) is 33.9 Å². The van der Waals surface area contributed by atoms with E-state index < -0.39 is 0 Å². The summed E-state index contributed by atoms with van der Waals surface area (Å²) in [6, 6.07) is 0.304. The first-order valence-corrected chi connectivity index (χ1v) is 9.37.